The largest absolute Gasteiger partial charge is 0.480 e. The van der Waals surface area contributed by atoms with Gasteiger partial charge in [-0.25, -0.2) is 8.78 Å². The molecule has 0 radical (unpaired) electrons. The van der Waals surface area contributed by atoms with Gasteiger partial charge in [0.1, 0.15) is 6.54 Å². The Labute approximate surface area is 191 Å². The molecular formula is C26H28F2N2O3. The summed E-state index contributed by atoms with van der Waals surface area (Å²) in [4.78, 5) is 26.8. The van der Waals surface area contributed by atoms with Crippen LogP contribution < -0.4 is 5.43 Å². The van der Waals surface area contributed by atoms with Crippen molar-refractivity contribution >= 4 is 16.9 Å². The lowest BCUT2D eigenvalue weighted by Gasteiger charge is -2.17. The van der Waals surface area contributed by atoms with Gasteiger partial charge in [0.2, 0.25) is 0 Å². The van der Waals surface area contributed by atoms with Gasteiger partial charge in [-0.05, 0) is 87.5 Å². The number of nitrogens with zero attached hydrogens (tertiary/aromatic N) is 2. The van der Waals surface area contributed by atoms with Crippen molar-refractivity contribution < 1.29 is 18.7 Å². The third-order valence-corrected chi connectivity index (χ3v) is 6.38. The van der Waals surface area contributed by atoms with Crippen molar-refractivity contribution in [1.29, 1.82) is 0 Å². The number of rotatable bonds is 9. The smallest absolute Gasteiger partial charge is 0.323 e. The first kappa shape index (κ1) is 23.1. The summed E-state index contributed by atoms with van der Waals surface area (Å²) in [6, 6.07) is 11.0. The van der Waals surface area contributed by atoms with Gasteiger partial charge in [-0.3, -0.25) is 9.59 Å². The third kappa shape index (κ3) is 5.47. The van der Waals surface area contributed by atoms with Gasteiger partial charge in [0.25, 0.3) is 0 Å². The number of benzene rings is 2. The lowest BCUT2D eigenvalue weighted by Crippen LogP contribution is -2.21. The number of likely N-dealkylation sites (tertiary alicyclic amines) is 1. The molecule has 174 valence electrons. The normalized spacial score (nSPS) is 14.2. The zero-order chi connectivity index (χ0) is 23.4. The van der Waals surface area contributed by atoms with E-state index in [1.807, 2.05) is 12.1 Å². The van der Waals surface area contributed by atoms with E-state index in [-0.39, 0.29) is 30.4 Å². The van der Waals surface area contributed by atoms with Crippen LogP contribution in [0.4, 0.5) is 8.78 Å². The van der Waals surface area contributed by atoms with Crippen LogP contribution in [0.2, 0.25) is 0 Å². The molecule has 0 aliphatic carbocycles. The van der Waals surface area contributed by atoms with Crippen molar-refractivity contribution in [3.05, 3.63) is 81.1 Å². The highest BCUT2D eigenvalue weighted by atomic mass is 19.2. The summed E-state index contributed by atoms with van der Waals surface area (Å²) >= 11 is 0. The van der Waals surface area contributed by atoms with Crippen LogP contribution in [-0.4, -0.2) is 40.2 Å². The van der Waals surface area contributed by atoms with Crippen LogP contribution in [0.1, 0.15) is 36.1 Å². The van der Waals surface area contributed by atoms with Crippen LogP contribution in [0.25, 0.3) is 10.9 Å². The molecule has 1 aromatic heterocycles. The summed E-state index contributed by atoms with van der Waals surface area (Å²) < 4.78 is 29.3. The summed E-state index contributed by atoms with van der Waals surface area (Å²) in [7, 11) is 0. The fourth-order valence-corrected chi connectivity index (χ4v) is 4.67. The van der Waals surface area contributed by atoms with Crippen molar-refractivity contribution in [1.82, 2.24) is 9.47 Å². The van der Waals surface area contributed by atoms with Crippen molar-refractivity contribution in [3.63, 3.8) is 0 Å². The predicted octanol–water partition coefficient (Wildman–Crippen LogP) is 4.18. The Morgan fingerprint density at radius 1 is 1.00 bits per heavy atom. The molecule has 1 aliphatic heterocycles. The Balaban J connectivity index is 1.62. The molecule has 4 rings (SSSR count). The molecule has 7 heteroatoms. The molecule has 1 aliphatic rings. The number of fused-ring (bicyclic) bond motifs is 1. The van der Waals surface area contributed by atoms with E-state index in [9.17, 15) is 23.5 Å². The van der Waals surface area contributed by atoms with Crippen LogP contribution in [0, 0.1) is 11.6 Å². The van der Waals surface area contributed by atoms with E-state index in [2.05, 4.69) is 4.90 Å². The first-order valence-corrected chi connectivity index (χ1v) is 11.4. The second-order valence-electron chi connectivity index (χ2n) is 8.70. The molecule has 0 unspecified atom stereocenters. The molecule has 0 bridgehead atoms. The lowest BCUT2D eigenvalue weighted by atomic mass is 10.0. The standard InChI is InChI=1S/C26H28F2N2O3/c27-22-7-3-6-19(26(22)28)9-10-20-16-24(31)21-11-8-18(5-4-14-29-12-1-2-13-29)15-23(21)30(20)17-25(32)33/h3,6-8,11,15-16H,1-2,4-5,9-10,12-14,17H2,(H,32,33). The monoisotopic (exact) mass is 454 g/mol. The van der Waals surface area contributed by atoms with Crippen LogP contribution in [-0.2, 0) is 30.6 Å². The summed E-state index contributed by atoms with van der Waals surface area (Å²) in [5, 5.41) is 9.96. The van der Waals surface area contributed by atoms with E-state index in [0.29, 0.717) is 16.6 Å². The Hall–Kier alpha value is -3.06. The average molecular weight is 455 g/mol. The van der Waals surface area contributed by atoms with Crippen LogP contribution in [0.15, 0.2) is 47.3 Å². The highest BCUT2D eigenvalue weighted by Gasteiger charge is 2.15. The van der Waals surface area contributed by atoms with Crippen molar-refractivity contribution in [3.8, 4) is 0 Å². The van der Waals surface area contributed by atoms with E-state index in [0.717, 1.165) is 44.1 Å². The van der Waals surface area contributed by atoms with E-state index in [1.165, 1.54) is 31.0 Å². The van der Waals surface area contributed by atoms with E-state index < -0.39 is 17.6 Å². The molecule has 0 saturated carbocycles. The number of aliphatic carboxylic acids is 1. The molecule has 0 atom stereocenters. The van der Waals surface area contributed by atoms with Crippen molar-refractivity contribution in [2.75, 3.05) is 19.6 Å². The molecule has 5 nitrogen and oxygen atoms in total. The zero-order valence-corrected chi connectivity index (χ0v) is 18.5. The molecule has 33 heavy (non-hydrogen) atoms. The number of carboxylic acids is 1. The Kier molecular flexibility index (Phi) is 7.18. The first-order chi connectivity index (χ1) is 15.9. The number of hydrogen-bond acceptors (Lipinski definition) is 3. The molecule has 0 spiro atoms. The number of carboxylic acid groups (broad SMARTS) is 1. The maximum absolute atomic E-state index is 14.1. The van der Waals surface area contributed by atoms with Gasteiger partial charge >= 0.3 is 5.97 Å². The molecule has 1 fully saturated rings. The summed E-state index contributed by atoms with van der Waals surface area (Å²) in [6.07, 6.45) is 4.71. The van der Waals surface area contributed by atoms with E-state index >= 15 is 0 Å². The molecule has 0 amide bonds. The minimum atomic E-state index is -1.03. The van der Waals surface area contributed by atoms with Gasteiger partial charge in [0.15, 0.2) is 17.1 Å². The number of pyridine rings is 1. The minimum Gasteiger partial charge on any atom is -0.480 e. The van der Waals surface area contributed by atoms with E-state index in [1.54, 1.807) is 10.6 Å². The first-order valence-electron chi connectivity index (χ1n) is 11.4. The second kappa shape index (κ2) is 10.3. The van der Waals surface area contributed by atoms with Gasteiger partial charge in [-0.15, -0.1) is 0 Å². The maximum Gasteiger partial charge on any atom is 0.323 e. The third-order valence-electron chi connectivity index (χ3n) is 6.38. The second-order valence-corrected chi connectivity index (χ2v) is 8.70. The van der Waals surface area contributed by atoms with Crippen molar-refractivity contribution in [2.45, 2.75) is 45.1 Å². The minimum absolute atomic E-state index is 0.156. The number of halogens is 2. The fraction of sp³-hybridized carbons (Fsp3) is 0.385. The molecule has 3 aromatic rings. The maximum atomic E-state index is 14.1. The average Bonchev–Trinajstić information content (AvgIpc) is 3.30. The molecule has 1 N–H and O–H groups in total. The van der Waals surface area contributed by atoms with Gasteiger partial charge in [-0.1, -0.05) is 18.2 Å². The molecule has 2 heterocycles. The topological polar surface area (TPSA) is 62.5 Å². The zero-order valence-electron chi connectivity index (χ0n) is 18.5. The van der Waals surface area contributed by atoms with Gasteiger partial charge in [0, 0.05) is 17.1 Å². The molecular weight excluding hydrogens is 426 g/mol. The van der Waals surface area contributed by atoms with Gasteiger partial charge < -0.3 is 14.6 Å². The summed E-state index contributed by atoms with van der Waals surface area (Å²) in [5.74, 6) is -2.87. The summed E-state index contributed by atoms with van der Waals surface area (Å²) in [6.45, 7) is 3.00. The Morgan fingerprint density at radius 2 is 1.79 bits per heavy atom. The SMILES string of the molecule is O=C(O)Cn1c(CCc2cccc(F)c2F)cc(=O)c2ccc(CCCN3CCCC3)cc21. The van der Waals surface area contributed by atoms with Gasteiger partial charge in [-0.2, -0.15) is 0 Å². The van der Waals surface area contributed by atoms with Crippen LogP contribution in [0.3, 0.4) is 0 Å². The lowest BCUT2D eigenvalue weighted by molar-refractivity contribution is -0.137. The highest BCUT2D eigenvalue weighted by Crippen LogP contribution is 2.20. The van der Waals surface area contributed by atoms with Crippen LogP contribution >= 0.6 is 0 Å². The number of aryl methyl sites for hydroxylation is 3. The number of carbonyl (C=O) groups is 1. The highest BCUT2D eigenvalue weighted by molar-refractivity contribution is 5.81. The molecule has 2 aromatic carbocycles. The quantitative estimate of drug-likeness (QED) is 0.527. The Morgan fingerprint density at radius 3 is 2.55 bits per heavy atom. The van der Waals surface area contributed by atoms with Crippen LogP contribution in [0.5, 0.6) is 0 Å². The predicted molar refractivity (Wildman–Crippen MR) is 124 cm³/mol. The number of hydrogen-bond donors (Lipinski definition) is 1. The number of aromatic nitrogens is 1. The van der Waals surface area contributed by atoms with E-state index in [4.69, 9.17) is 0 Å². The molecule has 1 saturated heterocycles. The Bertz CT molecular complexity index is 1220. The fourth-order valence-electron chi connectivity index (χ4n) is 4.67. The van der Waals surface area contributed by atoms with Crippen molar-refractivity contribution in [2.24, 2.45) is 0 Å². The van der Waals surface area contributed by atoms with Gasteiger partial charge in [0.05, 0.1) is 5.52 Å². The summed E-state index contributed by atoms with van der Waals surface area (Å²) in [5.41, 5.74) is 2.10.